The van der Waals surface area contributed by atoms with Crippen molar-refractivity contribution >= 4 is 5.96 Å². The number of nitrogens with zero attached hydrogens (tertiary/aromatic N) is 2. The number of hydrogen-bond acceptors (Lipinski definition) is 3. The molecule has 136 valence electrons. The van der Waals surface area contributed by atoms with Crippen LogP contribution in [0.5, 0.6) is 5.75 Å². The molecule has 0 bridgehead atoms. The summed E-state index contributed by atoms with van der Waals surface area (Å²) in [5.41, 5.74) is 0.635. The molecule has 8 heteroatoms. The van der Waals surface area contributed by atoms with Gasteiger partial charge in [-0.3, -0.25) is 4.99 Å². The van der Waals surface area contributed by atoms with E-state index in [9.17, 15) is 13.2 Å². The van der Waals surface area contributed by atoms with Gasteiger partial charge in [0.2, 0.25) is 0 Å². The minimum atomic E-state index is -0.774. The fraction of sp³-hybridized carbons (Fsp3) is 0.222. The van der Waals surface area contributed by atoms with E-state index >= 15 is 0 Å². The summed E-state index contributed by atoms with van der Waals surface area (Å²) < 4.78 is 45.3. The molecule has 0 aliphatic carbocycles. The number of halogens is 3. The third-order valence-electron chi connectivity index (χ3n) is 3.40. The van der Waals surface area contributed by atoms with Crippen molar-refractivity contribution in [3.63, 3.8) is 0 Å². The monoisotopic (exact) mass is 362 g/mol. The molecule has 0 unspecified atom stereocenters. The molecule has 0 aromatic heterocycles. The molecule has 2 aromatic carbocycles. The lowest BCUT2D eigenvalue weighted by atomic mass is 10.1. The van der Waals surface area contributed by atoms with Gasteiger partial charge in [0.25, 0.3) is 0 Å². The van der Waals surface area contributed by atoms with Gasteiger partial charge in [-0.1, -0.05) is 6.07 Å². The van der Waals surface area contributed by atoms with E-state index < -0.39 is 17.5 Å². The highest BCUT2D eigenvalue weighted by Crippen LogP contribution is 2.17. The summed E-state index contributed by atoms with van der Waals surface area (Å²) in [6.45, 7) is 0.589. The molecule has 0 atom stereocenters. The number of nitriles is 1. The molecule has 0 saturated heterocycles. The Hall–Kier alpha value is -3.21. The van der Waals surface area contributed by atoms with E-state index in [1.165, 1.54) is 18.2 Å². The highest BCUT2D eigenvalue weighted by Gasteiger charge is 2.06. The van der Waals surface area contributed by atoms with E-state index in [1.54, 1.807) is 7.05 Å². The van der Waals surface area contributed by atoms with Crippen molar-refractivity contribution in [3.05, 3.63) is 65.0 Å². The van der Waals surface area contributed by atoms with Gasteiger partial charge in [0, 0.05) is 25.2 Å². The summed E-state index contributed by atoms with van der Waals surface area (Å²) >= 11 is 0. The molecule has 5 nitrogen and oxygen atoms in total. The van der Waals surface area contributed by atoms with Crippen molar-refractivity contribution in [3.8, 4) is 11.8 Å². The molecule has 0 saturated carbocycles. The highest BCUT2D eigenvalue weighted by atomic mass is 19.1. The van der Waals surface area contributed by atoms with Crippen LogP contribution in [0.15, 0.2) is 41.4 Å². The molecule has 0 fully saturated rings. The topological polar surface area (TPSA) is 69.4 Å². The Bertz CT molecular complexity index is 834. The van der Waals surface area contributed by atoms with Crippen LogP contribution in [0.1, 0.15) is 11.1 Å². The molecule has 2 rings (SSSR count). The number of nitrogens with one attached hydrogen (secondary N) is 2. The van der Waals surface area contributed by atoms with Crippen molar-refractivity contribution in [2.75, 3.05) is 20.2 Å². The zero-order valence-corrected chi connectivity index (χ0v) is 14.0. The van der Waals surface area contributed by atoms with Crippen LogP contribution in [0.2, 0.25) is 0 Å². The molecule has 0 aliphatic rings. The first kappa shape index (κ1) is 19.1. The predicted molar refractivity (Wildman–Crippen MR) is 91.2 cm³/mol. The van der Waals surface area contributed by atoms with Crippen molar-refractivity contribution in [2.24, 2.45) is 4.99 Å². The van der Waals surface area contributed by atoms with Crippen LogP contribution in [0, 0.1) is 28.8 Å². The maximum absolute atomic E-state index is 13.8. The van der Waals surface area contributed by atoms with Gasteiger partial charge in [-0.05, 0) is 24.3 Å². The van der Waals surface area contributed by atoms with Crippen molar-refractivity contribution in [1.82, 2.24) is 10.6 Å². The largest absolute Gasteiger partial charge is 0.489 e. The van der Waals surface area contributed by atoms with Crippen LogP contribution in [0.25, 0.3) is 0 Å². The minimum Gasteiger partial charge on any atom is -0.489 e. The summed E-state index contributed by atoms with van der Waals surface area (Å²) in [5, 5.41) is 14.6. The van der Waals surface area contributed by atoms with Crippen LogP contribution in [0.3, 0.4) is 0 Å². The number of hydrogen-bond donors (Lipinski definition) is 2. The Kier molecular flexibility index (Phi) is 6.85. The molecular weight excluding hydrogens is 345 g/mol. The SMILES string of the molecule is CN=C(NCCOc1ccc(F)cc1F)NCc1ccc(C#N)cc1F. The van der Waals surface area contributed by atoms with E-state index in [0.717, 1.165) is 18.2 Å². The summed E-state index contributed by atoms with van der Waals surface area (Å²) in [6, 6.07) is 9.15. The van der Waals surface area contributed by atoms with E-state index in [0.29, 0.717) is 18.1 Å². The lowest BCUT2D eigenvalue weighted by Gasteiger charge is -2.13. The van der Waals surface area contributed by atoms with Gasteiger partial charge in [0.1, 0.15) is 18.2 Å². The first-order chi connectivity index (χ1) is 12.5. The summed E-state index contributed by atoms with van der Waals surface area (Å²) in [6.07, 6.45) is 0. The average Bonchev–Trinajstić information content (AvgIpc) is 2.63. The van der Waals surface area contributed by atoms with E-state index in [2.05, 4.69) is 15.6 Å². The lowest BCUT2D eigenvalue weighted by Crippen LogP contribution is -2.39. The van der Waals surface area contributed by atoms with E-state index in [4.69, 9.17) is 10.00 Å². The smallest absolute Gasteiger partial charge is 0.191 e. The molecule has 2 aromatic rings. The quantitative estimate of drug-likeness (QED) is 0.471. The molecule has 0 amide bonds. The number of rotatable bonds is 6. The van der Waals surface area contributed by atoms with Gasteiger partial charge in [-0.15, -0.1) is 0 Å². The molecule has 0 aliphatic heterocycles. The standard InChI is InChI=1S/C18H17F3N4O/c1-23-18(25-11-13-3-2-12(10-22)8-15(13)20)24-6-7-26-17-5-4-14(19)9-16(17)21/h2-5,8-9H,6-7,11H2,1H3,(H2,23,24,25). The van der Waals surface area contributed by atoms with Crippen LogP contribution >= 0.6 is 0 Å². The van der Waals surface area contributed by atoms with Gasteiger partial charge >= 0.3 is 0 Å². The predicted octanol–water partition coefficient (Wildman–Crippen LogP) is 2.72. The van der Waals surface area contributed by atoms with Gasteiger partial charge in [-0.25, -0.2) is 13.2 Å². The fourth-order valence-corrected chi connectivity index (χ4v) is 2.08. The zero-order valence-electron chi connectivity index (χ0n) is 14.0. The Labute approximate surface area is 149 Å². The van der Waals surface area contributed by atoms with Gasteiger partial charge in [0.15, 0.2) is 17.5 Å². The maximum Gasteiger partial charge on any atom is 0.191 e. The molecule has 0 heterocycles. The van der Waals surface area contributed by atoms with Crippen LogP contribution in [0.4, 0.5) is 13.2 Å². The third-order valence-corrected chi connectivity index (χ3v) is 3.40. The van der Waals surface area contributed by atoms with Gasteiger partial charge in [0.05, 0.1) is 18.2 Å². The number of benzene rings is 2. The molecule has 26 heavy (non-hydrogen) atoms. The average molecular weight is 362 g/mol. The molecular formula is C18H17F3N4O. The van der Waals surface area contributed by atoms with Crippen LogP contribution in [-0.2, 0) is 6.54 Å². The van der Waals surface area contributed by atoms with Crippen LogP contribution in [-0.4, -0.2) is 26.2 Å². The fourth-order valence-electron chi connectivity index (χ4n) is 2.08. The Morgan fingerprint density at radius 2 is 1.92 bits per heavy atom. The third kappa shape index (κ3) is 5.41. The molecule has 0 radical (unpaired) electrons. The zero-order chi connectivity index (χ0) is 18.9. The van der Waals surface area contributed by atoms with Crippen molar-refractivity contribution in [1.29, 1.82) is 5.26 Å². The highest BCUT2D eigenvalue weighted by molar-refractivity contribution is 5.79. The number of ether oxygens (including phenoxy) is 1. The number of guanidine groups is 1. The van der Waals surface area contributed by atoms with E-state index in [1.807, 2.05) is 6.07 Å². The number of aliphatic imine (C=N–C) groups is 1. The molecule has 2 N–H and O–H groups in total. The minimum absolute atomic E-state index is 0.0456. The Morgan fingerprint density at radius 3 is 2.58 bits per heavy atom. The second kappa shape index (κ2) is 9.32. The molecule has 0 spiro atoms. The maximum atomic E-state index is 13.8. The summed E-state index contributed by atoms with van der Waals surface area (Å²) in [5.74, 6) is -1.58. The van der Waals surface area contributed by atoms with Gasteiger partial charge < -0.3 is 15.4 Å². The first-order valence-electron chi connectivity index (χ1n) is 7.74. The second-order valence-electron chi connectivity index (χ2n) is 5.19. The van der Waals surface area contributed by atoms with Crippen LogP contribution < -0.4 is 15.4 Å². The lowest BCUT2D eigenvalue weighted by molar-refractivity contribution is 0.304. The normalized spacial score (nSPS) is 11.0. The summed E-state index contributed by atoms with van der Waals surface area (Å²) in [7, 11) is 1.55. The van der Waals surface area contributed by atoms with Crippen molar-refractivity contribution < 1.29 is 17.9 Å². The first-order valence-corrected chi connectivity index (χ1v) is 7.74. The summed E-state index contributed by atoms with van der Waals surface area (Å²) in [4.78, 5) is 3.98. The Morgan fingerprint density at radius 1 is 1.12 bits per heavy atom. The van der Waals surface area contributed by atoms with Gasteiger partial charge in [-0.2, -0.15) is 5.26 Å². The van der Waals surface area contributed by atoms with Crippen molar-refractivity contribution in [2.45, 2.75) is 6.54 Å². The van der Waals surface area contributed by atoms with E-state index in [-0.39, 0.29) is 24.5 Å². The second-order valence-corrected chi connectivity index (χ2v) is 5.19. The Balaban J connectivity index is 1.78.